The Morgan fingerprint density at radius 2 is 0.275 bits per heavy atom. The first-order valence-corrected chi connectivity index (χ1v) is 16.7. The van der Waals surface area contributed by atoms with Crippen molar-refractivity contribution in [3.8, 4) is 0 Å². The van der Waals surface area contributed by atoms with Gasteiger partial charge in [0.15, 0.2) is 0 Å². The lowest BCUT2D eigenvalue weighted by Gasteiger charge is -2.12. The highest BCUT2D eigenvalue weighted by molar-refractivity contribution is 5.27. The van der Waals surface area contributed by atoms with Gasteiger partial charge in [-0.25, -0.2) is 0 Å². The van der Waals surface area contributed by atoms with Crippen LogP contribution < -0.4 is 0 Å². The van der Waals surface area contributed by atoms with Crippen LogP contribution in [0.25, 0.3) is 0 Å². The Bertz CT molecular complexity index is 640. The van der Waals surface area contributed by atoms with E-state index < -0.39 is 0 Å². The largest absolute Gasteiger partial charge is 0.0956 e. The predicted octanol–water partition coefficient (Wildman–Crippen LogP) is 13.8. The van der Waals surface area contributed by atoms with Crippen LogP contribution in [0.5, 0.6) is 0 Å². The summed E-state index contributed by atoms with van der Waals surface area (Å²) in [5, 5.41) is 0. The van der Waals surface area contributed by atoms with Gasteiger partial charge in [-0.2, -0.15) is 0 Å². The number of allylic oxidation sites excluding steroid dienone is 8. The molecule has 1 fully saturated rings. The van der Waals surface area contributed by atoms with E-state index in [0.29, 0.717) is 0 Å². The Morgan fingerprint density at radius 1 is 0.175 bits per heavy atom. The van der Waals surface area contributed by atoms with E-state index in [2.05, 4.69) is 52.6 Å². The first kappa shape index (κ1) is 35.9. The average molecular weight is 545 g/mol. The third-order valence-electron chi connectivity index (χ3n) is 8.83. The predicted molar refractivity (Wildman–Crippen MR) is 184 cm³/mol. The van der Waals surface area contributed by atoms with Gasteiger partial charge in [-0.05, 0) is 103 Å². The molecule has 40 heavy (non-hydrogen) atoms. The van der Waals surface area contributed by atoms with Crippen LogP contribution in [0, 0.1) is 0 Å². The summed E-state index contributed by atoms with van der Waals surface area (Å²) < 4.78 is 0. The molecule has 0 N–H and O–H groups in total. The van der Waals surface area contributed by atoms with Crippen LogP contribution >= 0.6 is 0 Å². The summed E-state index contributed by atoms with van der Waals surface area (Å²) in [6.45, 7) is 34.6. The van der Waals surface area contributed by atoms with Crippen molar-refractivity contribution < 1.29 is 0 Å². The fraction of sp³-hybridized carbons (Fsp3) is 0.600. The number of rotatable bonds is 0. The number of hydrogen-bond donors (Lipinski definition) is 0. The van der Waals surface area contributed by atoms with Crippen molar-refractivity contribution >= 4 is 0 Å². The molecule has 0 nitrogen and oxygen atoms in total. The van der Waals surface area contributed by atoms with Crippen LogP contribution in [-0.2, 0) is 0 Å². The quantitative estimate of drug-likeness (QED) is 0.284. The molecule has 1 saturated carbocycles. The summed E-state index contributed by atoms with van der Waals surface area (Å²) in [4.78, 5) is 0. The van der Waals surface area contributed by atoms with Gasteiger partial charge < -0.3 is 0 Å². The summed E-state index contributed by atoms with van der Waals surface area (Å²) in [7, 11) is 0. The van der Waals surface area contributed by atoms with Gasteiger partial charge in [-0.15, -0.1) is 0 Å². The highest BCUT2D eigenvalue weighted by atomic mass is 14.1. The average Bonchev–Trinajstić information content (AvgIpc) is 2.94. The second kappa shape index (κ2) is 22.6. The molecule has 224 valence electrons. The Balaban J connectivity index is 2.46. The molecule has 0 aromatic heterocycles. The Morgan fingerprint density at radius 3 is 0.375 bits per heavy atom. The van der Waals surface area contributed by atoms with E-state index in [4.69, 9.17) is 0 Å². The smallest absolute Gasteiger partial charge is 0.0282 e. The zero-order valence-corrected chi connectivity index (χ0v) is 26.6. The zero-order valence-electron chi connectivity index (χ0n) is 26.6. The monoisotopic (exact) mass is 545 g/mol. The molecule has 0 aromatic rings. The third kappa shape index (κ3) is 17.6. The van der Waals surface area contributed by atoms with Crippen LogP contribution in [-0.4, -0.2) is 0 Å². The van der Waals surface area contributed by atoms with Gasteiger partial charge in [0.25, 0.3) is 0 Å². The normalized spacial score (nSPS) is 22.0. The van der Waals surface area contributed by atoms with Gasteiger partial charge >= 0.3 is 0 Å². The maximum atomic E-state index is 4.33. The van der Waals surface area contributed by atoms with Gasteiger partial charge in [-0.3, -0.25) is 0 Å². The maximum Gasteiger partial charge on any atom is -0.0282 e. The molecule has 0 amide bonds. The van der Waals surface area contributed by atoms with Crippen LogP contribution in [0.1, 0.15) is 154 Å². The molecule has 0 atom stereocenters. The molecule has 1 aliphatic rings. The molecule has 0 heterocycles. The zero-order chi connectivity index (χ0) is 29.6. The van der Waals surface area contributed by atoms with Crippen LogP contribution in [0.3, 0.4) is 0 Å². The topological polar surface area (TPSA) is 0 Å². The van der Waals surface area contributed by atoms with Crippen molar-refractivity contribution in [3.63, 3.8) is 0 Å². The molecule has 0 unspecified atom stereocenters. The van der Waals surface area contributed by atoms with E-state index in [1.54, 1.807) is 0 Å². The van der Waals surface area contributed by atoms with Crippen LogP contribution in [0.2, 0.25) is 0 Å². The van der Waals surface area contributed by atoms with Gasteiger partial charge in [0, 0.05) is 0 Å². The van der Waals surface area contributed by atoms with E-state index in [-0.39, 0.29) is 0 Å². The number of hydrogen-bond acceptors (Lipinski definition) is 0. The third-order valence-corrected chi connectivity index (χ3v) is 8.83. The fourth-order valence-electron chi connectivity index (χ4n) is 5.54. The van der Waals surface area contributed by atoms with Gasteiger partial charge in [0.05, 0.1) is 0 Å². The Hall–Kier alpha value is -2.08. The van der Waals surface area contributed by atoms with Crippen molar-refractivity contribution in [2.75, 3.05) is 0 Å². The first-order chi connectivity index (χ1) is 19.2. The lowest BCUT2D eigenvalue weighted by Crippen LogP contribution is -1.92. The van der Waals surface area contributed by atoms with Crippen molar-refractivity contribution in [1.82, 2.24) is 0 Å². The molecule has 0 spiro atoms. The Kier molecular flexibility index (Phi) is 20.3. The SMILES string of the molecule is C=C1CCCCCCC(=C)C(=C)CCCCCCC(=C)C(=C)CCCCCCC(=C)C(=C)CCCCCCC1=C. The van der Waals surface area contributed by atoms with E-state index in [9.17, 15) is 0 Å². The minimum absolute atomic E-state index is 1.09. The van der Waals surface area contributed by atoms with Gasteiger partial charge in [-0.1, -0.05) is 149 Å². The molecule has 1 aliphatic carbocycles. The summed E-state index contributed by atoms with van der Waals surface area (Å²) >= 11 is 0. The highest BCUT2D eigenvalue weighted by Crippen LogP contribution is 2.26. The maximum absolute atomic E-state index is 4.33. The lowest BCUT2D eigenvalue weighted by molar-refractivity contribution is 0.615. The van der Waals surface area contributed by atoms with E-state index >= 15 is 0 Å². The summed E-state index contributed by atoms with van der Waals surface area (Å²) in [6, 6.07) is 0. The minimum atomic E-state index is 1.09. The molecular formula is C40H64. The van der Waals surface area contributed by atoms with Crippen molar-refractivity contribution in [3.05, 3.63) is 97.2 Å². The molecule has 0 aromatic carbocycles. The molecule has 0 radical (unpaired) electrons. The van der Waals surface area contributed by atoms with Crippen molar-refractivity contribution in [2.45, 2.75) is 154 Å². The van der Waals surface area contributed by atoms with E-state index in [0.717, 1.165) is 51.4 Å². The molecule has 0 saturated heterocycles. The Labute approximate surface area is 250 Å². The van der Waals surface area contributed by atoms with E-state index in [1.807, 2.05) is 0 Å². The first-order valence-electron chi connectivity index (χ1n) is 16.7. The highest BCUT2D eigenvalue weighted by Gasteiger charge is 2.06. The molecule has 0 heteroatoms. The van der Waals surface area contributed by atoms with Gasteiger partial charge in [0.1, 0.15) is 0 Å². The summed E-state index contributed by atoms with van der Waals surface area (Å²) in [6.07, 6.45) is 28.6. The molecular weight excluding hydrogens is 480 g/mol. The molecule has 0 aliphatic heterocycles. The second-order valence-electron chi connectivity index (χ2n) is 12.5. The second-order valence-corrected chi connectivity index (χ2v) is 12.5. The molecule has 0 bridgehead atoms. The molecule has 1 rings (SSSR count). The van der Waals surface area contributed by atoms with Crippen molar-refractivity contribution in [1.29, 1.82) is 0 Å². The summed E-state index contributed by atoms with van der Waals surface area (Å²) in [5.74, 6) is 0. The lowest BCUT2D eigenvalue weighted by atomic mass is 9.94. The minimum Gasteiger partial charge on any atom is -0.0956 e. The van der Waals surface area contributed by atoms with Crippen LogP contribution in [0.4, 0.5) is 0 Å². The summed E-state index contributed by atoms with van der Waals surface area (Å²) in [5.41, 5.74) is 10.1. The van der Waals surface area contributed by atoms with Crippen LogP contribution in [0.15, 0.2) is 97.2 Å². The fourth-order valence-corrected chi connectivity index (χ4v) is 5.54. The van der Waals surface area contributed by atoms with Gasteiger partial charge in [0.2, 0.25) is 0 Å². The standard InChI is InChI=1S/C40H64/c1-33-25-17-9-10-19-27-35(3)37(5)29-21-13-14-23-31-39(7)40(8)32-24-16-15-22-30-38(6)36(4)28-20-12-11-18-26-34(33)2/h1-32H2. The van der Waals surface area contributed by atoms with E-state index in [1.165, 1.54) is 147 Å². The van der Waals surface area contributed by atoms with Crippen molar-refractivity contribution in [2.24, 2.45) is 0 Å².